The molecule has 158 valence electrons. The molecule has 3 aromatic carbocycles. The molecule has 0 bridgehead atoms. The Hall–Kier alpha value is -3.93. The largest absolute Gasteiger partial charge is 0.494 e. The lowest BCUT2D eigenvalue weighted by atomic mass is 10.0. The summed E-state index contributed by atoms with van der Waals surface area (Å²) in [5.41, 5.74) is 6.40. The Bertz CT molecular complexity index is 1200. The molecule has 32 heavy (non-hydrogen) atoms. The van der Waals surface area contributed by atoms with Crippen LogP contribution in [0, 0.1) is 48.9 Å². The Morgan fingerprint density at radius 3 is 1.62 bits per heavy atom. The van der Waals surface area contributed by atoms with Crippen molar-refractivity contribution in [2.24, 2.45) is 0 Å². The van der Waals surface area contributed by atoms with Crippen LogP contribution in [0.15, 0.2) is 60.7 Å². The molecule has 0 aliphatic rings. The van der Waals surface area contributed by atoms with Gasteiger partial charge in [0.1, 0.15) is 5.75 Å². The van der Waals surface area contributed by atoms with Gasteiger partial charge in [0.15, 0.2) is 0 Å². The second-order valence-electron chi connectivity index (χ2n) is 7.75. The molecule has 0 saturated carbocycles. The monoisotopic (exact) mass is 417 g/mol. The van der Waals surface area contributed by atoms with Gasteiger partial charge >= 0.3 is 0 Å². The fourth-order valence-corrected chi connectivity index (χ4v) is 3.31. The summed E-state index contributed by atoms with van der Waals surface area (Å²) < 4.78 is 5.74. The van der Waals surface area contributed by atoms with Gasteiger partial charge in [-0.3, -0.25) is 0 Å². The normalized spacial score (nSPS) is 9.69. The van der Waals surface area contributed by atoms with E-state index in [0.29, 0.717) is 0 Å². The summed E-state index contributed by atoms with van der Waals surface area (Å²) in [7, 11) is 0. The number of hydrogen-bond donors (Lipinski definition) is 0. The van der Waals surface area contributed by atoms with E-state index in [2.05, 4.69) is 36.7 Å². The minimum Gasteiger partial charge on any atom is -0.494 e. The summed E-state index contributed by atoms with van der Waals surface area (Å²) in [5.74, 6) is 13.7. The van der Waals surface area contributed by atoms with E-state index in [1.807, 2.05) is 74.5 Å². The molecule has 0 fully saturated rings. The van der Waals surface area contributed by atoms with E-state index in [0.717, 1.165) is 57.7 Å². The first-order valence-electron chi connectivity index (χ1n) is 11.0. The number of ether oxygens (including phenoxy) is 1. The van der Waals surface area contributed by atoms with Crippen LogP contribution in [0.5, 0.6) is 5.75 Å². The lowest BCUT2D eigenvalue weighted by Crippen LogP contribution is -1.96. The Balaban J connectivity index is 1.62. The van der Waals surface area contributed by atoms with Crippen molar-refractivity contribution in [3.63, 3.8) is 0 Å². The van der Waals surface area contributed by atoms with Crippen molar-refractivity contribution in [1.29, 1.82) is 5.26 Å². The van der Waals surface area contributed by atoms with Crippen molar-refractivity contribution in [2.45, 2.75) is 40.0 Å². The van der Waals surface area contributed by atoms with Crippen molar-refractivity contribution < 1.29 is 4.74 Å². The molecule has 0 aliphatic heterocycles. The van der Waals surface area contributed by atoms with E-state index in [-0.39, 0.29) is 0 Å². The van der Waals surface area contributed by atoms with Crippen LogP contribution in [0.3, 0.4) is 0 Å². The number of benzene rings is 3. The number of aryl methyl sites for hydroxylation is 2. The van der Waals surface area contributed by atoms with E-state index in [1.54, 1.807) is 0 Å². The summed E-state index contributed by atoms with van der Waals surface area (Å²) in [5, 5.41) is 9.20. The van der Waals surface area contributed by atoms with E-state index in [9.17, 15) is 5.26 Å². The molecule has 0 spiro atoms. The third-order valence-corrected chi connectivity index (χ3v) is 5.10. The van der Waals surface area contributed by atoms with Crippen LogP contribution in [0.1, 0.15) is 65.1 Å². The fourth-order valence-electron chi connectivity index (χ4n) is 3.31. The van der Waals surface area contributed by atoms with Crippen molar-refractivity contribution in [3.8, 4) is 35.5 Å². The molecule has 0 aromatic heterocycles. The Morgan fingerprint density at radius 1 is 0.688 bits per heavy atom. The van der Waals surface area contributed by atoms with E-state index < -0.39 is 0 Å². The van der Waals surface area contributed by atoms with Crippen LogP contribution < -0.4 is 4.74 Å². The summed E-state index contributed by atoms with van der Waals surface area (Å²) in [6, 6.07) is 22.0. The highest BCUT2D eigenvalue weighted by atomic mass is 16.5. The van der Waals surface area contributed by atoms with Crippen molar-refractivity contribution in [2.75, 3.05) is 6.61 Å². The molecule has 0 heterocycles. The van der Waals surface area contributed by atoms with Crippen LogP contribution in [-0.4, -0.2) is 6.61 Å². The highest BCUT2D eigenvalue weighted by Crippen LogP contribution is 2.15. The molecule has 0 aliphatic carbocycles. The third kappa shape index (κ3) is 6.54. The molecule has 2 heteroatoms. The van der Waals surface area contributed by atoms with Crippen LogP contribution in [0.2, 0.25) is 0 Å². The molecule has 0 unspecified atom stereocenters. The smallest absolute Gasteiger partial charge is 0.119 e. The minimum atomic E-state index is 0.729. The summed E-state index contributed by atoms with van der Waals surface area (Å²) in [6.45, 7) is 6.84. The first kappa shape index (κ1) is 22.7. The number of hydrogen-bond acceptors (Lipinski definition) is 2. The average molecular weight is 418 g/mol. The molecule has 3 rings (SSSR count). The zero-order chi connectivity index (χ0) is 22.8. The maximum absolute atomic E-state index is 9.20. The summed E-state index contributed by atoms with van der Waals surface area (Å²) in [6.07, 6.45) is 3.48. The maximum atomic E-state index is 9.20. The first-order valence-corrected chi connectivity index (χ1v) is 11.0. The lowest BCUT2D eigenvalue weighted by Gasteiger charge is -2.05. The molecular formula is C30H27NO. The predicted octanol–water partition coefficient (Wildman–Crippen LogP) is 6.54. The average Bonchev–Trinajstić information content (AvgIpc) is 2.80. The zero-order valence-corrected chi connectivity index (χ0v) is 19.0. The van der Waals surface area contributed by atoms with Crippen LogP contribution in [-0.2, 0) is 0 Å². The van der Waals surface area contributed by atoms with Gasteiger partial charge in [-0.25, -0.2) is 0 Å². The van der Waals surface area contributed by atoms with Gasteiger partial charge in [0.05, 0.1) is 18.2 Å². The standard InChI is InChI=1S/C30H27NO/c1-4-5-6-19-32-29-17-15-27(16-18-29)12-11-25-7-9-26(10-8-25)13-14-28-20-23(2)30(22-31)24(3)21-28/h7-10,15-18,20-21H,4-6,19H2,1-3H3. The van der Waals surface area contributed by atoms with Gasteiger partial charge in [-0.1, -0.05) is 43.4 Å². The summed E-state index contributed by atoms with van der Waals surface area (Å²) in [4.78, 5) is 0. The number of rotatable bonds is 5. The van der Waals surface area contributed by atoms with E-state index >= 15 is 0 Å². The number of unbranched alkanes of at least 4 members (excludes halogenated alkanes) is 2. The van der Waals surface area contributed by atoms with Gasteiger partial charge in [0, 0.05) is 22.3 Å². The van der Waals surface area contributed by atoms with Gasteiger partial charge in [0.25, 0.3) is 0 Å². The molecule has 0 atom stereocenters. The topological polar surface area (TPSA) is 33.0 Å². The minimum absolute atomic E-state index is 0.729. The second kappa shape index (κ2) is 11.5. The van der Waals surface area contributed by atoms with Crippen LogP contribution in [0.4, 0.5) is 0 Å². The van der Waals surface area contributed by atoms with Crippen LogP contribution >= 0.6 is 0 Å². The van der Waals surface area contributed by atoms with Gasteiger partial charge in [0.2, 0.25) is 0 Å². The SMILES string of the molecule is CCCCCOc1ccc(C#Cc2ccc(C#Cc3cc(C)c(C#N)c(C)c3)cc2)cc1. The lowest BCUT2D eigenvalue weighted by molar-refractivity contribution is 0.306. The number of nitriles is 1. The predicted molar refractivity (Wildman–Crippen MR) is 130 cm³/mol. The Labute approximate surface area is 191 Å². The Morgan fingerprint density at radius 2 is 1.16 bits per heavy atom. The van der Waals surface area contributed by atoms with Crippen molar-refractivity contribution >= 4 is 0 Å². The maximum Gasteiger partial charge on any atom is 0.119 e. The van der Waals surface area contributed by atoms with Gasteiger partial charge < -0.3 is 4.74 Å². The van der Waals surface area contributed by atoms with Crippen LogP contribution in [0.25, 0.3) is 0 Å². The zero-order valence-electron chi connectivity index (χ0n) is 19.0. The highest BCUT2D eigenvalue weighted by molar-refractivity contribution is 5.52. The van der Waals surface area contributed by atoms with E-state index in [4.69, 9.17) is 4.74 Å². The van der Waals surface area contributed by atoms with Crippen molar-refractivity contribution in [3.05, 3.63) is 99.6 Å². The van der Waals surface area contributed by atoms with Gasteiger partial charge in [-0.05, 0) is 92.1 Å². The molecule has 3 aromatic rings. The molecular weight excluding hydrogens is 390 g/mol. The number of nitrogens with zero attached hydrogens (tertiary/aromatic N) is 1. The van der Waals surface area contributed by atoms with Crippen molar-refractivity contribution in [1.82, 2.24) is 0 Å². The molecule has 0 saturated heterocycles. The molecule has 0 radical (unpaired) electrons. The highest BCUT2D eigenvalue weighted by Gasteiger charge is 2.02. The van der Waals surface area contributed by atoms with Gasteiger partial charge in [-0.2, -0.15) is 5.26 Å². The second-order valence-corrected chi connectivity index (χ2v) is 7.75. The summed E-state index contributed by atoms with van der Waals surface area (Å²) >= 11 is 0. The molecule has 0 N–H and O–H groups in total. The molecule has 2 nitrogen and oxygen atoms in total. The van der Waals surface area contributed by atoms with Gasteiger partial charge in [-0.15, -0.1) is 0 Å². The fraction of sp³-hybridized carbons (Fsp3) is 0.233. The quantitative estimate of drug-likeness (QED) is 0.349. The Kier molecular flexibility index (Phi) is 8.15. The molecule has 0 amide bonds. The van der Waals surface area contributed by atoms with E-state index in [1.165, 1.54) is 12.8 Å². The third-order valence-electron chi connectivity index (χ3n) is 5.10. The first-order chi connectivity index (χ1) is 15.6.